The van der Waals surface area contributed by atoms with Crippen LogP contribution in [0.25, 0.3) is 0 Å². The number of rotatable bonds is 4. The summed E-state index contributed by atoms with van der Waals surface area (Å²) in [5, 5.41) is 2.45. The molecule has 2 heterocycles. The molecule has 0 radical (unpaired) electrons. The molecule has 1 aliphatic heterocycles. The molecule has 0 bridgehead atoms. The monoisotopic (exact) mass is 302 g/mol. The molecule has 0 amide bonds. The topological polar surface area (TPSA) is 75.2 Å². The van der Waals surface area contributed by atoms with Crippen LogP contribution < -0.4 is 10.2 Å². The molecule has 106 valence electrons. The molecule has 6 nitrogen and oxygen atoms in total. The second-order valence-electron chi connectivity index (χ2n) is 4.19. The van der Waals surface area contributed by atoms with E-state index in [1.54, 1.807) is 31.8 Å². The van der Waals surface area contributed by atoms with Gasteiger partial charge in [0.2, 0.25) is 0 Å². The van der Waals surface area contributed by atoms with Gasteiger partial charge < -0.3 is 10.2 Å². The highest BCUT2D eigenvalue weighted by Gasteiger charge is 2.33. The van der Waals surface area contributed by atoms with E-state index in [1.807, 2.05) is 4.90 Å². The van der Waals surface area contributed by atoms with E-state index in [2.05, 4.69) is 15.3 Å². The van der Waals surface area contributed by atoms with E-state index in [0.717, 1.165) is 5.75 Å². The van der Waals surface area contributed by atoms with Crippen molar-refractivity contribution in [2.45, 2.75) is 12.3 Å². The summed E-state index contributed by atoms with van der Waals surface area (Å²) in [5.74, 6) is 3.01. The Labute approximate surface area is 117 Å². The summed E-state index contributed by atoms with van der Waals surface area (Å²) in [6.45, 7) is 2.38. The number of hydrogen-bond acceptors (Lipinski definition) is 7. The molecule has 1 aliphatic rings. The minimum absolute atomic E-state index is 0.151. The van der Waals surface area contributed by atoms with Crippen molar-refractivity contribution in [3.8, 4) is 0 Å². The summed E-state index contributed by atoms with van der Waals surface area (Å²) >= 11 is 1.67. The summed E-state index contributed by atoms with van der Waals surface area (Å²) in [6.07, 6.45) is 1.46. The highest BCUT2D eigenvalue weighted by Crippen LogP contribution is 2.26. The molecule has 1 unspecified atom stereocenters. The van der Waals surface area contributed by atoms with Gasteiger partial charge in [0.15, 0.2) is 9.84 Å². The zero-order chi connectivity index (χ0) is 13.9. The molecule has 1 atom stereocenters. The first kappa shape index (κ1) is 14.4. The molecule has 0 aromatic carbocycles. The van der Waals surface area contributed by atoms with Crippen LogP contribution in [0.15, 0.2) is 12.4 Å². The Morgan fingerprint density at radius 1 is 1.53 bits per heavy atom. The fourth-order valence-electron chi connectivity index (χ4n) is 1.97. The van der Waals surface area contributed by atoms with Crippen LogP contribution in [0.3, 0.4) is 0 Å². The van der Waals surface area contributed by atoms with Crippen LogP contribution in [-0.2, 0) is 9.84 Å². The molecule has 1 aromatic rings. The van der Waals surface area contributed by atoms with E-state index in [0.29, 0.717) is 23.9 Å². The Hall–Kier alpha value is -1.02. The number of nitrogens with zero attached hydrogens (tertiary/aromatic N) is 3. The largest absolute Gasteiger partial charge is 0.373 e. The van der Waals surface area contributed by atoms with Gasteiger partial charge in [-0.1, -0.05) is 6.92 Å². The lowest BCUT2D eigenvalue weighted by Crippen LogP contribution is -2.48. The van der Waals surface area contributed by atoms with Crippen LogP contribution >= 0.6 is 11.8 Å². The zero-order valence-electron chi connectivity index (χ0n) is 11.0. The zero-order valence-corrected chi connectivity index (χ0v) is 12.7. The fraction of sp³-hybridized carbons (Fsp3) is 0.636. The van der Waals surface area contributed by atoms with Gasteiger partial charge in [0.05, 0.1) is 0 Å². The van der Waals surface area contributed by atoms with Crippen LogP contribution in [0.5, 0.6) is 0 Å². The van der Waals surface area contributed by atoms with Crippen LogP contribution in [0.4, 0.5) is 11.6 Å². The standard InChI is InChI=1S/C11H18N4O2S2/c1-3-19(16,17)11-7-18-5-4-15(11)10-6-9(12-2)13-8-14-10/h6,8,11H,3-5,7H2,1-2H3,(H,12,13,14). The van der Waals surface area contributed by atoms with Gasteiger partial charge in [0.1, 0.15) is 23.3 Å². The third-order valence-corrected chi connectivity index (χ3v) is 6.39. The summed E-state index contributed by atoms with van der Waals surface area (Å²) in [6, 6.07) is 1.79. The first-order valence-corrected chi connectivity index (χ1v) is 9.01. The fourth-order valence-corrected chi connectivity index (χ4v) is 4.95. The van der Waals surface area contributed by atoms with Crippen molar-refractivity contribution in [1.82, 2.24) is 9.97 Å². The predicted molar refractivity (Wildman–Crippen MR) is 79.5 cm³/mol. The summed E-state index contributed by atoms with van der Waals surface area (Å²) in [5.41, 5.74) is 0. The number of anilines is 2. The molecule has 0 spiro atoms. The Balaban J connectivity index is 2.34. The van der Waals surface area contributed by atoms with Crippen molar-refractivity contribution >= 4 is 33.2 Å². The predicted octanol–water partition coefficient (Wildman–Crippen LogP) is 0.832. The number of thioether (sulfide) groups is 1. The number of nitrogens with one attached hydrogen (secondary N) is 1. The van der Waals surface area contributed by atoms with E-state index in [9.17, 15) is 8.42 Å². The van der Waals surface area contributed by atoms with Gasteiger partial charge in [-0.05, 0) is 0 Å². The molecule has 8 heteroatoms. The van der Waals surface area contributed by atoms with Crippen molar-refractivity contribution in [2.75, 3.05) is 41.1 Å². The molecule has 1 saturated heterocycles. The normalized spacial score (nSPS) is 20.3. The lowest BCUT2D eigenvalue weighted by Gasteiger charge is -2.35. The van der Waals surface area contributed by atoms with E-state index < -0.39 is 15.2 Å². The van der Waals surface area contributed by atoms with E-state index >= 15 is 0 Å². The van der Waals surface area contributed by atoms with Gasteiger partial charge in [-0.25, -0.2) is 18.4 Å². The van der Waals surface area contributed by atoms with Gasteiger partial charge in [-0.3, -0.25) is 0 Å². The average molecular weight is 302 g/mol. The number of aromatic nitrogens is 2. The van der Waals surface area contributed by atoms with Crippen molar-refractivity contribution in [3.63, 3.8) is 0 Å². The Morgan fingerprint density at radius 3 is 3.00 bits per heavy atom. The second-order valence-corrected chi connectivity index (χ2v) is 7.78. The van der Waals surface area contributed by atoms with Crippen LogP contribution in [-0.4, -0.2) is 54.6 Å². The minimum Gasteiger partial charge on any atom is -0.373 e. The first-order chi connectivity index (χ1) is 9.08. The number of sulfone groups is 1. The van der Waals surface area contributed by atoms with Gasteiger partial charge in [-0.15, -0.1) is 0 Å². The molecule has 2 rings (SSSR count). The Morgan fingerprint density at radius 2 is 2.32 bits per heavy atom. The third-order valence-electron chi connectivity index (χ3n) is 3.10. The number of hydrogen-bond donors (Lipinski definition) is 1. The van der Waals surface area contributed by atoms with E-state index in [-0.39, 0.29) is 5.75 Å². The SMILES string of the molecule is CCS(=O)(=O)C1CSCCN1c1cc(NC)ncn1. The molecule has 1 N–H and O–H groups in total. The van der Waals surface area contributed by atoms with Gasteiger partial charge in [-0.2, -0.15) is 11.8 Å². The molecule has 0 aliphatic carbocycles. The lowest BCUT2D eigenvalue weighted by atomic mass is 10.4. The quantitative estimate of drug-likeness (QED) is 0.883. The Kier molecular flexibility index (Phi) is 4.51. The van der Waals surface area contributed by atoms with Gasteiger partial charge in [0.25, 0.3) is 0 Å². The highest BCUT2D eigenvalue weighted by atomic mass is 32.2. The maximum absolute atomic E-state index is 12.2. The summed E-state index contributed by atoms with van der Waals surface area (Å²) < 4.78 is 24.4. The van der Waals surface area contributed by atoms with E-state index in [1.165, 1.54) is 6.33 Å². The molecule has 0 saturated carbocycles. The lowest BCUT2D eigenvalue weighted by molar-refractivity contribution is 0.579. The molecule has 1 aromatic heterocycles. The third kappa shape index (κ3) is 3.11. The maximum Gasteiger partial charge on any atom is 0.171 e. The minimum atomic E-state index is -3.11. The van der Waals surface area contributed by atoms with Crippen molar-refractivity contribution < 1.29 is 8.42 Å². The summed E-state index contributed by atoms with van der Waals surface area (Å²) in [4.78, 5) is 10.1. The first-order valence-electron chi connectivity index (χ1n) is 6.14. The van der Waals surface area contributed by atoms with Gasteiger partial charge in [0, 0.05) is 36.9 Å². The Bertz CT molecular complexity index is 535. The van der Waals surface area contributed by atoms with Crippen molar-refractivity contribution in [1.29, 1.82) is 0 Å². The molecular formula is C11H18N4O2S2. The molecular weight excluding hydrogens is 284 g/mol. The van der Waals surface area contributed by atoms with Crippen LogP contribution in [0, 0.1) is 0 Å². The van der Waals surface area contributed by atoms with Crippen molar-refractivity contribution in [3.05, 3.63) is 12.4 Å². The maximum atomic E-state index is 12.2. The smallest absolute Gasteiger partial charge is 0.171 e. The van der Waals surface area contributed by atoms with Crippen LogP contribution in [0.2, 0.25) is 0 Å². The van der Waals surface area contributed by atoms with Crippen LogP contribution in [0.1, 0.15) is 6.92 Å². The highest BCUT2D eigenvalue weighted by molar-refractivity contribution is 8.01. The summed E-state index contributed by atoms with van der Waals surface area (Å²) in [7, 11) is -1.34. The van der Waals surface area contributed by atoms with Gasteiger partial charge >= 0.3 is 0 Å². The molecule has 1 fully saturated rings. The van der Waals surface area contributed by atoms with E-state index in [4.69, 9.17) is 0 Å². The second kappa shape index (κ2) is 5.96. The van der Waals surface area contributed by atoms with Crippen molar-refractivity contribution in [2.24, 2.45) is 0 Å². The molecule has 19 heavy (non-hydrogen) atoms. The average Bonchev–Trinajstić information content (AvgIpc) is 2.47.